The zero-order valence-corrected chi connectivity index (χ0v) is 28.2. The Morgan fingerprint density at radius 1 is 0.980 bits per heavy atom. The summed E-state index contributed by atoms with van der Waals surface area (Å²) in [5, 5.41) is 23.7. The number of carboxylic acid groups (broad SMARTS) is 1. The van der Waals surface area contributed by atoms with Gasteiger partial charge >= 0.3 is 5.97 Å². The molecule has 1 aliphatic carbocycles. The quantitative estimate of drug-likeness (QED) is 0.207. The number of anilines is 1. The molecule has 3 aliphatic heterocycles. The molecule has 4 aliphatic rings. The van der Waals surface area contributed by atoms with Gasteiger partial charge in [0.1, 0.15) is 11.4 Å². The van der Waals surface area contributed by atoms with E-state index in [1.165, 1.54) is 16.6 Å². The van der Waals surface area contributed by atoms with Crippen molar-refractivity contribution in [1.29, 1.82) is 0 Å². The second kappa shape index (κ2) is 13.5. The van der Waals surface area contributed by atoms with Gasteiger partial charge < -0.3 is 26.4 Å². The maximum absolute atomic E-state index is 14.1. The van der Waals surface area contributed by atoms with Crippen LogP contribution in [0.3, 0.4) is 0 Å². The predicted molar refractivity (Wildman–Crippen MR) is 188 cm³/mol. The van der Waals surface area contributed by atoms with Gasteiger partial charge in [-0.05, 0) is 85.7 Å². The SMILES string of the molecule is Cc1c(C(=O)O)ccc2c1CC[C@@H]2NC(=O)C1=CC(C(=O)NCC2NCCc3ccccc32)=NC2=C(C(=O)Nc3ccccc3Cl)C(C)NN12. The molecule has 256 valence electrons. The van der Waals surface area contributed by atoms with Crippen LogP contribution >= 0.6 is 11.6 Å². The van der Waals surface area contributed by atoms with Crippen LogP contribution in [0.5, 0.6) is 0 Å². The first-order valence-corrected chi connectivity index (χ1v) is 16.9. The monoisotopic (exact) mass is 693 g/mol. The lowest BCUT2D eigenvalue weighted by molar-refractivity contribution is -0.120. The van der Waals surface area contributed by atoms with Gasteiger partial charge in [-0.25, -0.2) is 15.2 Å². The minimum absolute atomic E-state index is 0.0294. The largest absolute Gasteiger partial charge is 0.478 e. The number of halogens is 1. The van der Waals surface area contributed by atoms with Crippen molar-refractivity contribution in [3.05, 3.63) is 122 Å². The average Bonchev–Trinajstić information content (AvgIpc) is 3.67. The topological polar surface area (TPSA) is 164 Å². The van der Waals surface area contributed by atoms with Crippen LogP contribution in [0, 0.1) is 6.92 Å². The lowest BCUT2D eigenvalue weighted by Crippen LogP contribution is -2.45. The Hall–Kier alpha value is -5.30. The average molecular weight is 694 g/mol. The molecule has 2 unspecified atom stereocenters. The molecule has 3 atom stereocenters. The fraction of sp³-hybridized carbons (Fsp3) is 0.270. The molecular weight excluding hydrogens is 658 g/mol. The van der Waals surface area contributed by atoms with Crippen molar-refractivity contribution in [3.63, 3.8) is 0 Å². The highest BCUT2D eigenvalue weighted by Gasteiger charge is 2.41. The summed E-state index contributed by atoms with van der Waals surface area (Å²) in [5.74, 6) is -2.36. The molecule has 0 saturated heterocycles. The molecule has 3 amide bonds. The number of aromatic carboxylic acids is 1. The molecule has 3 aromatic carbocycles. The third kappa shape index (κ3) is 6.17. The predicted octanol–water partition coefficient (Wildman–Crippen LogP) is 3.85. The van der Waals surface area contributed by atoms with Crippen molar-refractivity contribution in [2.75, 3.05) is 18.4 Å². The van der Waals surface area contributed by atoms with Crippen LogP contribution in [-0.2, 0) is 27.2 Å². The van der Waals surface area contributed by atoms with E-state index in [9.17, 15) is 24.3 Å². The third-order valence-electron chi connectivity index (χ3n) is 9.69. The minimum Gasteiger partial charge on any atom is -0.478 e. The number of hydrazine groups is 1. The number of carbonyl (C=O) groups excluding carboxylic acids is 3. The fourth-order valence-corrected chi connectivity index (χ4v) is 7.34. The summed E-state index contributed by atoms with van der Waals surface area (Å²) in [6.45, 7) is 4.61. The van der Waals surface area contributed by atoms with E-state index in [1.807, 2.05) is 18.2 Å². The van der Waals surface area contributed by atoms with Crippen LogP contribution in [0.2, 0.25) is 5.02 Å². The second-order valence-corrected chi connectivity index (χ2v) is 13.1. The number of para-hydroxylation sites is 1. The smallest absolute Gasteiger partial charge is 0.335 e. The summed E-state index contributed by atoms with van der Waals surface area (Å²) >= 11 is 6.33. The number of carbonyl (C=O) groups is 4. The maximum atomic E-state index is 14.1. The summed E-state index contributed by atoms with van der Waals surface area (Å²) in [6.07, 6.45) is 3.50. The highest BCUT2D eigenvalue weighted by Crippen LogP contribution is 2.36. The number of fused-ring (bicyclic) bond motifs is 3. The fourth-order valence-electron chi connectivity index (χ4n) is 7.16. The molecule has 12 nitrogen and oxygen atoms in total. The highest BCUT2D eigenvalue weighted by atomic mass is 35.5. The Morgan fingerprint density at radius 2 is 1.76 bits per heavy atom. The van der Waals surface area contributed by atoms with E-state index in [4.69, 9.17) is 11.6 Å². The zero-order chi connectivity index (χ0) is 35.1. The van der Waals surface area contributed by atoms with Gasteiger partial charge in [-0.15, -0.1) is 0 Å². The molecule has 3 heterocycles. The van der Waals surface area contributed by atoms with Crippen LogP contribution in [0.25, 0.3) is 0 Å². The maximum Gasteiger partial charge on any atom is 0.335 e. The second-order valence-electron chi connectivity index (χ2n) is 12.7. The Labute approximate surface area is 293 Å². The molecule has 3 aromatic rings. The lowest BCUT2D eigenvalue weighted by Gasteiger charge is -2.29. The first-order valence-electron chi connectivity index (χ1n) is 16.5. The Bertz CT molecular complexity index is 2040. The molecule has 6 N–H and O–H groups in total. The number of amides is 3. The molecule has 0 aromatic heterocycles. The number of carboxylic acids is 1. The van der Waals surface area contributed by atoms with Crippen molar-refractivity contribution in [2.45, 2.75) is 51.2 Å². The van der Waals surface area contributed by atoms with Crippen molar-refractivity contribution in [1.82, 2.24) is 26.4 Å². The van der Waals surface area contributed by atoms with Gasteiger partial charge in [0.25, 0.3) is 17.7 Å². The van der Waals surface area contributed by atoms with Gasteiger partial charge in [0.05, 0.1) is 33.9 Å². The molecular formula is C37H36ClN7O5. The Balaban J connectivity index is 1.19. The van der Waals surface area contributed by atoms with Gasteiger partial charge in [0.15, 0.2) is 5.82 Å². The zero-order valence-electron chi connectivity index (χ0n) is 27.5. The standard InChI is InChI=1S/C37H36ClN7O5/c1-19-22-13-14-27(25(22)12-11-23(19)37(49)50)42-35(47)31-17-29(34(46)40-18-30-24-8-4-3-7-21(24)15-16-39-30)41-33-32(20(2)44-45(31)33)36(48)43-28-10-6-5-9-26(28)38/h3-12,17,20,27,30,39,44H,13-16,18H2,1-2H3,(H,40,46)(H,42,47)(H,43,48)(H,49,50)/t20?,27-,30?/m0/s1. The number of nitrogens with zero attached hydrogens (tertiary/aromatic N) is 2. The van der Waals surface area contributed by atoms with Gasteiger partial charge in [0, 0.05) is 18.7 Å². The van der Waals surface area contributed by atoms with E-state index >= 15 is 0 Å². The van der Waals surface area contributed by atoms with Crippen LogP contribution in [0.15, 0.2) is 88.8 Å². The molecule has 0 fully saturated rings. The summed E-state index contributed by atoms with van der Waals surface area (Å²) in [6, 6.07) is 17.2. The van der Waals surface area contributed by atoms with E-state index in [0.717, 1.165) is 29.7 Å². The molecule has 0 radical (unpaired) electrons. The van der Waals surface area contributed by atoms with E-state index in [0.29, 0.717) is 29.1 Å². The molecule has 0 bridgehead atoms. The normalized spacial score (nSPS) is 20.6. The van der Waals surface area contributed by atoms with Crippen molar-refractivity contribution >= 4 is 46.7 Å². The van der Waals surface area contributed by atoms with E-state index in [2.05, 4.69) is 37.8 Å². The number of hydrogen-bond acceptors (Lipinski definition) is 8. The molecule has 50 heavy (non-hydrogen) atoms. The molecule has 7 rings (SSSR count). The van der Waals surface area contributed by atoms with Gasteiger partial charge in [-0.3, -0.25) is 19.4 Å². The van der Waals surface area contributed by atoms with Crippen LogP contribution in [0.4, 0.5) is 5.69 Å². The summed E-state index contributed by atoms with van der Waals surface area (Å²) in [7, 11) is 0. The number of rotatable bonds is 8. The van der Waals surface area contributed by atoms with Crippen LogP contribution in [0.1, 0.15) is 63.6 Å². The first kappa shape index (κ1) is 33.2. The number of hydrogen-bond donors (Lipinski definition) is 6. The summed E-state index contributed by atoms with van der Waals surface area (Å²) < 4.78 is 0. The molecule has 13 heteroatoms. The molecule has 0 saturated carbocycles. The lowest BCUT2D eigenvalue weighted by atomic mass is 9.94. The van der Waals surface area contributed by atoms with E-state index in [-0.39, 0.29) is 47.0 Å². The Morgan fingerprint density at radius 3 is 2.56 bits per heavy atom. The number of nitrogens with one attached hydrogen (secondary N) is 5. The van der Waals surface area contributed by atoms with Crippen LogP contribution in [-0.4, -0.2) is 58.6 Å². The minimum atomic E-state index is -0.998. The highest BCUT2D eigenvalue weighted by molar-refractivity contribution is 6.44. The van der Waals surface area contributed by atoms with E-state index in [1.54, 1.807) is 50.2 Å². The van der Waals surface area contributed by atoms with Gasteiger partial charge in [-0.2, -0.15) is 0 Å². The summed E-state index contributed by atoms with van der Waals surface area (Å²) in [5.41, 5.74) is 8.86. The van der Waals surface area contributed by atoms with Gasteiger partial charge in [0.2, 0.25) is 0 Å². The van der Waals surface area contributed by atoms with Crippen molar-refractivity contribution in [2.24, 2.45) is 4.99 Å². The van der Waals surface area contributed by atoms with Gasteiger partial charge in [-0.1, -0.05) is 54.1 Å². The number of aliphatic imine (C=N–C) groups is 1. The Kier molecular flexibility index (Phi) is 9.00. The number of benzene rings is 3. The van der Waals surface area contributed by atoms with Crippen LogP contribution < -0.4 is 26.7 Å². The molecule has 0 spiro atoms. The van der Waals surface area contributed by atoms with E-state index < -0.39 is 29.7 Å². The first-order chi connectivity index (χ1) is 24.1. The summed E-state index contributed by atoms with van der Waals surface area (Å²) in [4.78, 5) is 57.9. The van der Waals surface area contributed by atoms with Crippen molar-refractivity contribution < 1.29 is 24.3 Å². The third-order valence-corrected chi connectivity index (χ3v) is 10.0. The van der Waals surface area contributed by atoms with Crippen molar-refractivity contribution in [3.8, 4) is 0 Å².